The summed E-state index contributed by atoms with van der Waals surface area (Å²) in [4.78, 5) is 24.5. The molecule has 182 valence electrons. The van der Waals surface area contributed by atoms with Crippen LogP contribution in [0.1, 0.15) is 18.9 Å². The predicted octanol–water partition coefficient (Wildman–Crippen LogP) is 3.44. The number of nitrogens with zero attached hydrogens (tertiary/aromatic N) is 2. The Morgan fingerprint density at radius 2 is 1.72 bits per heavy atom. The molecule has 0 saturated carbocycles. The van der Waals surface area contributed by atoms with E-state index in [0.29, 0.717) is 10.9 Å². The number of pyridine rings is 1. The monoisotopic (exact) mass is 492 g/mol. The number of ether oxygens (including phenoxy) is 1. The number of rotatable bonds is 4. The van der Waals surface area contributed by atoms with E-state index >= 15 is 0 Å². The van der Waals surface area contributed by atoms with Gasteiger partial charge in [0.15, 0.2) is 0 Å². The largest absolute Gasteiger partial charge is 0.490 e. The van der Waals surface area contributed by atoms with Crippen molar-refractivity contribution in [1.29, 1.82) is 0 Å². The Balaban J connectivity index is 0.000000305. The quantitative estimate of drug-likeness (QED) is 0.617. The Kier molecular flexibility index (Phi) is 10.2. The van der Waals surface area contributed by atoms with Crippen LogP contribution < -0.4 is 0 Å². The molecule has 2 fully saturated rings. The molecule has 1 atom stereocenters. The molecule has 2 aliphatic rings. The van der Waals surface area contributed by atoms with Gasteiger partial charge in [-0.05, 0) is 25.0 Å². The summed E-state index contributed by atoms with van der Waals surface area (Å²) in [5, 5.41) is 14.2. The number of aromatic nitrogens is 1. The molecule has 1 aromatic rings. The number of hydrogen-bond acceptors (Lipinski definition) is 6. The van der Waals surface area contributed by atoms with E-state index in [4.69, 9.17) is 24.5 Å². The molecule has 0 aliphatic carbocycles. The number of carboxylic acid groups (broad SMARTS) is 2. The lowest BCUT2D eigenvalue weighted by atomic mass is 9.92. The van der Waals surface area contributed by atoms with E-state index in [1.807, 2.05) is 18.5 Å². The van der Waals surface area contributed by atoms with Crippen LogP contribution in [-0.2, 0) is 20.9 Å². The molecule has 1 aromatic heterocycles. The summed E-state index contributed by atoms with van der Waals surface area (Å²) in [6.45, 7) is 6.38. The first-order valence-corrected chi connectivity index (χ1v) is 10.1. The number of alkyl halides is 6. The van der Waals surface area contributed by atoms with Crippen molar-refractivity contribution in [3.63, 3.8) is 0 Å². The van der Waals surface area contributed by atoms with Crippen molar-refractivity contribution in [2.24, 2.45) is 0 Å². The molecule has 3 heterocycles. The molecular formula is C18H22F6N2O5S. The minimum Gasteiger partial charge on any atom is -0.475 e. The smallest absolute Gasteiger partial charge is 0.475 e. The highest BCUT2D eigenvalue weighted by molar-refractivity contribution is 8.01. The van der Waals surface area contributed by atoms with E-state index in [-0.39, 0.29) is 0 Å². The van der Waals surface area contributed by atoms with E-state index in [0.717, 1.165) is 13.2 Å². The SMILES string of the molecule is CCOC1CSC2(C1)CN(Cc1cccnc1)C2.O=C(O)C(F)(F)F.O=C(O)C(F)(F)F. The maximum Gasteiger partial charge on any atom is 0.490 e. The fourth-order valence-electron chi connectivity index (χ4n) is 3.00. The summed E-state index contributed by atoms with van der Waals surface area (Å²) >= 11 is 2.11. The van der Waals surface area contributed by atoms with Crippen molar-refractivity contribution in [2.75, 3.05) is 25.4 Å². The lowest BCUT2D eigenvalue weighted by molar-refractivity contribution is -0.193. The van der Waals surface area contributed by atoms with Crippen LogP contribution in [0.5, 0.6) is 0 Å². The average molecular weight is 492 g/mol. The van der Waals surface area contributed by atoms with Gasteiger partial charge in [-0.3, -0.25) is 9.88 Å². The maximum atomic E-state index is 10.6. The molecule has 0 radical (unpaired) electrons. The summed E-state index contributed by atoms with van der Waals surface area (Å²) in [5.74, 6) is -4.34. The first-order valence-electron chi connectivity index (χ1n) is 9.15. The van der Waals surface area contributed by atoms with E-state index in [1.165, 1.54) is 30.8 Å². The van der Waals surface area contributed by atoms with Gasteiger partial charge >= 0.3 is 24.3 Å². The van der Waals surface area contributed by atoms with E-state index in [1.54, 1.807) is 0 Å². The van der Waals surface area contributed by atoms with Crippen molar-refractivity contribution < 1.29 is 50.9 Å². The third kappa shape index (κ3) is 9.61. The van der Waals surface area contributed by atoms with Gasteiger partial charge in [0.1, 0.15) is 0 Å². The van der Waals surface area contributed by atoms with Crippen molar-refractivity contribution >= 4 is 23.7 Å². The molecule has 1 unspecified atom stereocenters. The zero-order valence-corrected chi connectivity index (χ0v) is 17.6. The van der Waals surface area contributed by atoms with Gasteiger partial charge in [-0.1, -0.05) is 6.07 Å². The molecule has 3 rings (SSSR count). The van der Waals surface area contributed by atoms with Crippen LogP contribution in [0.25, 0.3) is 0 Å². The van der Waals surface area contributed by atoms with E-state index in [2.05, 4.69) is 34.6 Å². The van der Waals surface area contributed by atoms with Gasteiger partial charge in [-0.2, -0.15) is 26.3 Å². The Bertz CT molecular complexity index is 718. The van der Waals surface area contributed by atoms with Gasteiger partial charge in [0.25, 0.3) is 0 Å². The summed E-state index contributed by atoms with van der Waals surface area (Å²) in [6.07, 6.45) is -4.65. The first kappa shape index (κ1) is 28.0. The van der Waals surface area contributed by atoms with Crippen LogP contribution in [-0.4, -0.2) is 80.7 Å². The van der Waals surface area contributed by atoms with Crippen molar-refractivity contribution in [3.8, 4) is 0 Å². The van der Waals surface area contributed by atoms with Crippen LogP contribution in [0, 0.1) is 0 Å². The highest BCUT2D eigenvalue weighted by Gasteiger charge is 2.49. The van der Waals surface area contributed by atoms with Crippen molar-refractivity contribution in [1.82, 2.24) is 9.88 Å². The number of aliphatic carboxylic acids is 2. The molecule has 0 amide bonds. The second-order valence-corrected chi connectivity index (χ2v) is 8.38. The molecule has 2 aliphatic heterocycles. The summed E-state index contributed by atoms with van der Waals surface area (Å²) in [6, 6.07) is 4.17. The van der Waals surface area contributed by atoms with Gasteiger partial charge in [-0.25, -0.2) is 9.59 Å². The number of halogens is 6. The highest BCUT2D eigenvalue weighted by atomic mass is 32.2. The van der Waals surface area contributed by atoms with Crippen LogP contribution >= 0.6 is 11.8 Å². The second kappa shape index (κ2) is 11.7. The maximum absolute atomic E-state index is 10.6. The molecule has 0 bridgehead atoms. The van der Waals surface area contributed by atoms with Crippen LogP contribution in [0.15, 0.2) is 24.5 Å². The second-order valence-electron chi connectivity index (χ2n) is 6.89. The Morgan fingerprint density at radius 1 is 1.19 bits per heavy atom. The number of thioether (sulfide) groups is 1. The minimum atomic E-state index is -5.08. The van der Waals surface area contributed by atoms with Crippen LogP contribution in [0.3, 0.4) is 0 Å². The highest BCUT2D eigenvalue weighted by Crippen LogP contribution is 2.46. The Morgan fingerprint density at radius 3 is 2.12 bits per heavy atom. The number of carbonyl (C=O) groups is 2. The summed E-state index contributed by atoms with van der Waals surface area (Å²) in [5.41, 5.74) is 1.32. The molecule has 2 saturated heterocycles. The third-order valence-corrected chi connectivity index (χ3v) is 5.79. The number of carboxylic acids is 2. The van der Waals surface area contributed by atoms with E-state index < -0.39 is 24.3 Å². The summed E-state index contributed by atoms with van der Waals surface area (Å²) < 4.78 is 69.7. The lowest BCUT2D eigenvalue weighted by Crippen LogP contribution is -2.58. The lowest BCUT2D eigenvalue weighted by Gasteiger charge is -2.47. The zero-order chi connectivity index (χ0) is 24.6. The van der Waals surface area contributed by atoms with Crippen LogP contribution in [0.4, 0.5) is 26.3 Å². The van der Waals surface area contributed by atoms with Gasteiger partial charge in [0.05, 0.1) is 6.10 Å². The minimum absolute atomic E-state index is 0.487. The number of hydrogen-bond donors (Lipinski definition) is 2. The Labute approximate surface area is 183 Å². The topological polar surface area (TPSA) is 100.0 Å². The van der Waals surface area contributed by atoms with Crippen molar-refractivity contribution in [2.45, 2.75) is 43.1 Å². The normalized spacial score (nSPS) is 19.8. The van der Waals surface area contributed by atoms with Crippen LogP contribution in [0.2, 0.25) is 0 Å². The fourth-order valence-corrected chi connectivity index (χ4v) is 4.60. The predicted molar refractivity (Wildman–Crippen MR) is 102 cm³/mol. The standard InChI is InChI=1S/C14H20N2OS.2C2HF3O2/c1-2-17-13-6-14(18-9-13)10-16(11-14)8-12-4-3-5-15-7-12;2*3-2(4,5)1(6)7/h3-5,7,13H,2,6,8-11H2,1H3;2*(H,6,7). The molecule has 32 heavy (non-hydrogen) atoms. The third-order valence-electron chi connectivity index (χ3n) is 4.21. The summed E-state index contributed by atoms with van der Waals surface area (Å²) in [7, 11) is 0. The van der Waals surface area contributed by atoms with Gasteiger partial charge in [0.2, 0.25) is 0 Å². The molecular weight excluding hydrogens is 470 g/mol. The molecule has 1 spiro atoms. The molecule has 0 aromatic carbocycles. The molecule has 7 nitrogen and oxygen atoms in total. The first-order chi connectivity index (χ1) is 14.7. The van der Waals surface area contributed by atoms with Gasteiger partial charge in [0, 0.05) is 49.1 Å². The number of likely N-dealkylation sites (tertiary alicyclic amines) is 1. The zero-order valence-electron chi connectivity index (χ0n) is 16.8. The Hall–Kier alpha value is -2.06. The van der Waals surface area contributed by atoms with Gasteiger partial charge in [-0.15, -0.1) is 11.8 Å². The van der Waals surface area contributed by atoms with E-state index in [9.17, 15) is 26.3 Å². The molecule has 2 N–H and O–H groups in total. The van der Waals surface area contributed by atoms with Gasteiger partial charge < -0.3 is 14.9 Å². The molecule has 14 heteroatoms. The average Bonchev–Trinajstić information content (AvgIpc) is 3.06. The van der Waals surface area contributed by atoms with Crippen molar-refractivity contribution in [3.05, 3.63) is 30.1 Å². The fraction of sp³-hybridized carbons (Fsp3) is 0.611.